The van der Waals surface area contributed by atoms with E-state index in [4.69, 9.17) is 4.74 Å². The van der Waals surface area contributed by atoms with Crippen molar-refractivity contribution in [3.8, 4) is 5.75 Å². The maximum Gasteiger partial charge on any atom is 0.416 e. The molecule has 0 unspecified atom stereocenters. The molecule has 1 aromatic rings. The largest absolute Gasteiger partial charge is 0.496 e. The van der Waals surface area contributed by atoms with Gasteiger partial charge in [-0.25, -0.2) is 0 Å². The molecule has 2 atom stereocenters. The highest BCUT2D eigenvalue weighted by Gasteiger charge is 2.39. The number of carbonyl (C=O) groups is 1. The first-order valence-corrected chi connectivity index (χ1v) is 9.95. The Hall–Kier alpha value is -1.41. The Morgan fingerprint density at radius 2 is 1.96 bits per heavy atom. The van der Waals surface area contributed by atoms with Gasteiger partial charge in [-0.3, -0.25) is 9.69 Å². The van der Waals surface area contributed by atoms with Crippen molar-refractivity contribution in [2.75, 3.05) is 26.5 Å². The highest BCUT2D eigenvalue weighted by Crippen LogP contribution is 2.38. The van der Waals surface area contributed by atoms with E-state index in [2.05, 4.69) is 10.2 Å². The van der Waals surface area contributed by atoms with Crippen LogP contribution in [0.2, 0.25) is 0 Å². The van der Waals surface area contributed by atoms with E-state index in [9.17, 15) is 18.0 Å². The second-order valence-corrected chi connectivity index (χ2v) is 7.57. The lowest BCUT2D eigenvalue weighted by atomic mass is 9.85. The summed E-state index contributed by atoms with van der Waals surface area (Å²) in [7, 11) is 1.28. The molecule has 2 aliphatic rings. The van der Waals surface area contributed by atoms with Gasteiger partial charge in [-0.05, 0) is 57.2 Å². The molecule has 2 fully saturated rings. The number of amides is 1. The van der Waals surface area contributed by atoms with Gasteiger partial charge in [0.05, 0.1) is 18.2 Å². The zero-order valence-corrected chi connectivity index (χ0v) is 15.7. The summed E-state index contributed by atoms with van der Waals surface area (Å²) in [5.41, 5.74) is -0.631. The van der Waals surface area contributed by atoms with Crippen molar-refractivity contribution in [3.05, 3.63) is 23.3 Å². The smallest absolute Gasteiger partial charge is 0.416 e. The van der Waals surface area contributed by atoms with E-state index < -0.39 is 11.7 Å². The third-order valence-corrected chi connectivity index (χ3v) is 5.99. The average molecular weight is 388 g/mol. The summed E-state index contributed by atoms with van der Waals surface area (Å²) < 4.78 is 44.4. The van der Waals surface area contributed by atoms with Crippen molar-refractivity contribution in [2.24, 2.45) is 0 Å². The predicted molar refractivity (Wildman–Crippen MR) is 94.9 cm³/mol. The van der Waals surface area contributed by atoms with Crippen LogP contribution in [0.5, 0.6) is 5.75 Å². The maximum atomic E-state index is 13.1. The van der Waals surface area contributed by atoms with Crippen molar-refractivity contribution < 1.29 is 22.7 Å². The van der Waals surface area contributed by atoms with Crippen molar-refractivity contribution in [1.82, 2.24) is 10.2 Å². The van der Waals surface area contributed by atoms with Gasteiger partial charge in [0.15, 0.2) is 0 Å². The predicted octanol–water partition coefficient (Wildman–Crippen LogP) is 3.79. The van der Waals surface area contributed by atoms with Crippen LogP contribution in [0.4, 0.5) is 13.2 Å². The van der Waals surface area contributed by atoms with E-state index in [0.29, 0.717) is 6.04 Å². The molecule has 1 aromatic carbocycles. The number of hydrogen-bond donors (Lipinski definition) is 1. The third-order valence-electron chi connectivity index (χ3n) is 5.22. The first kappa shape index (κ1) is 19.4. The summed E-state index contributed by atoms with van der Waals surface area (Å²) in [4.78, 5) is 15.5. The van der Waals surface area contributed by atoms with Gasteiger partial charge in [-0.1, -0.05) is 0 Å². The first-order valence-electron chi connectivity index (χ1n) is 8.73. The van der Waals surface area contributed by atoms with Crippen LogP contribution in [0, 0.1) is 0 Å². The van der Waals surface area contributed by atoms with E-state index in [-0.39, 0.29) is 28.2 Å². The lowest BCUT2D eigenvalue weighted by Gasteiger charge is -2.43. The second kappa shape index (κ2) is 7.68. The molecule has 0 bridgehead atoms. The van der Waals surface area contributed by atoms with Gasteiger partial charge in [0, 0.05) is 17.0 Å². The van der Waals surface area contributed by atoms with Crippen LogP contribution in [0.3, 0.4) is 0 Å². The molecule has 3 rings (SSSR count). The van der Waals surface area contributed by atoms with E-state index in [1.54, 1.807) is 6.26 Å². The summed E-state index contributed by atoms with van der Waals surface area (Å²) >= 11 is 1.11. The van der Waals surface area contributed by atoms with Crippen molar-refractivity contribution in [1.29, 1.82) is 0 Å². The summed E-state index contributed by atoms with van der Waals surface area (Å²) in [5.74, 6) is -0.410. The Labute approximate surface area is 155 Å². The van der Waals surface area contributed by atoms with E-state index in [0.717, 1.165) is 49.8 Å². The SMILES string of the molecule is COc1cc(C(F)(F)F)cc(SC)c1C(=O)N[C@@H]1CC[C@H]1N1CCCC1. The highest BCUT2D eigenvalue weighted by molar-refractivity contribution is 7.98. The number of ether oxygens (including phenoxy) is 1. The highest BCUT2D eigenvalue weighted by atomic mass is 32.2. The molecule has 4 nitrogen and oxygen atoms in total. The Balaban J connectivity index is 1.82. The monoisotopic (exact) mass is 388 g/mol. The molecule has 1 aliphatic heterocycles. The summed E-state index contributed by atoms with van der Waals surface area (Å²) in [5, 5.41) is 3.01. The van der Waals surface area contributed by atoms with Crippen LogP contribution in [0.1, 0.15) is 41.6 Å². The number of thioether (sulfide) groups is 1. The van der Waals surface area contributed by atoms with Gasteiger partial charge in [0.2, 0.25) is 0 Å². The molecular weight excluding hydrogens is 365 g/mol. The number of carbonyl (C=O) groups excluding carboxylic acids is 1. The lowest BCUT2D eigenvalue weighted by Crippen LogP contribution is -2.57. The molecule has 1 heterocycles. The molecular formula is C18H23F3N2O2S. The van der Waals surface area contributed by atoms with Crippen molar-refractivity contribution in [3.63, 3.8) is 0 Å². The van der Waals surface area contributed by atoms with E-state index in [1.165, 1.54) is 20.0 Å². The van der Waals surface area contributed by atoms with Crippen molar-refractivity contribution >= 4 is 17.7 Å². The minimum atomic E-state index is -4.48. The van der Waals surface area contributed by atoms with Gasteiger partial charge in [-0.15, -0.1) is 11.8 Å². The third kappa shape index (κ3) is 3.81. The summed E-state index contributed by atoms with van der Waals surface area (Å²) in [6.45, 7) is 2.10. The quantitative estimate of drug-likeness (QED) is 0.780. The normalized spacial score (nSPS) is 23.6. The molecule has 1 saturated heterocycles. The summed E-state index contributed by atoms with van der Waals surface area (Å²) in [6.07, 6.45) is 1.47. The Morgan fingerprint density at radius 3 is 2.46 bits per heavy atom. The van der Waals surface area contributed by atoms with E-state index >= 15 is 0 Å². The van der Waals surface area contributed by atoms with Crippen molar-refractivity contribution in [2.45, 2.75) is 48.8 Å². The zero-order chi connectivity index (χ0) is 18.9. The fraction of sp³-hybridized carbons (Fsp3) is 0.611. The molecule has 26 heavy (non-hydrogen) atoms. The van der Waals surface area contributed by atoms with Crippen LogP contribution in [-0.4, -0.2) is 49.3 Å². The fourth-order valence-corrected chi connectivity index (χ4v) is 4.34. The van der Waals surface area contributed by atoms with Crippen LogP contribution in [0.25, 0.3) is 0 Å². The number of benzene rings is 1. The topological polar surface area (TPSA) is 41.6 Å². The van der Waals surface area contributed by atoms with Gasteiger partial charge in [0.1, 0.15) is 5.75 Å². The second-order valence-electron chi connectivity index (χ2n) is 6.72. The van der Waals surface area contributed by atoms with Crippen LogP contribution in [0.15, 0.2) is 17.0 Å². The minimum absolute atomic E-state index is 0.0429. The standard InChI is InChI=1S/C18H23F3N2O2S/c1-25-14-9-11(18(19,20)21)10-15(26-2)16(14)17(24)22-12-5-6-13(12)23-7-3-4-8-23/h9-10,12-13H,3-8H2,1-2H3,(H,22,24)/t12-,13-/m1/s1. The number of likely N-dealkylation sites (tertiary alicyclic amines) is 1. The number of methoxy groups -OCH3 is 1. The number of halogens is 3. The minimum Gasteiger partial charge on any atom is -0.496 e. The molecule has 144 valence electrons. The molecule has 0 aromatic heterocycles. The Bertz CT molecular complexity index is 650. The Kier molecular flexibility index (Phi) is 5.72. The molecule has 1 saturated carbocycles. The zero-order valence-electron chi connectivity index (χ0n) is 14.9. The average Bonchev–Trinajstić information content (AvgIpc) is 3.09. The van der Waals surface area contributed by atoms with Gasteiger partial charge in [-0.2, -0.15) is 13.2 Å². The number of nitrogens with one attached hydrogen (secondary N) is 1. The van der Waals surface area contributed by atoms with Crippen LogP contribution < -0.4 is 10.1 Å². The molecule has 1 aliphatic carbocycles. The lowest BCUT2D eigenvalue weighted by molar-refractivity contribution is -0.137. The molecule has 0 radical (unpaired) electrons. The van der Waals surface area contributed by atoms with Crippen LogP contribution in [-0.2, 0) is 6.18 Å². The first-order chi connectivity index (χ1) is 12.3. The number of nitrogens with zero attached hydrogens (tertiary/aromatic N) is 1. The van der Waals surface area contributed by atoms with E-state index in [1.807, 2.05) is 0 Å². The summed E-state index contributed by atoms with van der Waals surface area (Å²) in [6, 6.07) is 2.29. The fourth-order valence-electron chi connectivity index (χ4n) is 3.70. The Morgan fingerprint density at radius 1 is 1.27 bits per heavy atom. The van der Waals surface area contributed by atoms with Crippen LogP contribution >= 0.6 is 11.8 Å². The molecule has 1 amide bonds. The van der Waals surface area contributed by atoms with Gasteiger partial charge >= 0.3 is 6.18 Å². The number of rotatable bonds is 5. The molecule has 8 heteroatoms. The molecule has 0 spiro atoms. The molecule has 1 N–H and O–H groups in total. The maximum absolute atomic E-state index is 13.1. The van der Waals surface area contributed by atoms with Gasteiger partial charge in [0.25, 0.3) is 5.91 Å². The van der Waals surface area contributed by atoms with Gasteiger partial charge < -0.3 is 10.1 Å². The number of alkyl halides is 3. The number of hydrogen-bond acceptors (Lipinski definition) is 4.